The Labute approximate surface area is 183 Å². The van der Waals surface area contributed by atoms with Crippen LogP contribution in [-0.2, 0) is 19.1 Å². The second kappa shape index (κ2) is 10.4. The molecule has 8 nitrogen and oxygen atoms in total. The predicted molar refractivity (Wildman–Crippen MR) is 117 cm³/mol. The molecule has 0 spiro atoms. The normalized spacial score (nSPS) is 19.4. The molecule has 2 atom stereocenters. The van der Waals surface area contributed by atoms with Crippen LogP contribution in [0, 0.1) is 5.92 Å². The molecule has 1 aliphatic rings. The number of carbonyl (C=O) groups is 4. The Balaban J connectivity index is 1.82. The average Bonchev–Trinajstić information content (AvgIpc) is 2.94. The number of anilines is 1. The second-order valence-electron chi connectivity index (χ2n) is 8.73. The number of urea groups is 1. The van der Waals surface area contributed by atoms with Crippen molar-refractivity contribution in [3.63, 3.8) is 0 Å². The fraction of sp³-hybridized carbons (Fsp3) is 0.565. The third-order valence-electron chi connectivity index (χ3n) is 5.59. The molecule has 1 saturated heterocycles. The maximum absolute atomic E-state index is 12.6. The summed E-state index contributed by atoms with van der Waals surface area (Å²) in [6.45, 7) is 8.93. The van der Waals surface area contributed by atoms with Crippen LogP contribution in [0.2, 0.25) is 0 Å². The van der Waals surface area contributed by atoms with Crippen LogP contribution in [0.15, 0.2) is 24.3 Å². The fourth-order valence-electron chi connectivity index (χ4n) is 3.29. The van der Waals surface area contributed by atoms with Crippen molar-refractivity contribution in [1.29, 1.82) is 0 Å². The summed E-state index contributed by atoms with van der Waals surface area (Å²) in [5.74, 6) is -0.961. The number of nitrogens with zero attached hydrogens (tertiary/aromatic N) is 1. The number of esters is 1. The van der Waals surface area contributed by atoms with Gasteiger partial charge in [0.25, 0.3) is 11.8 Å². The first-order chi connectivity index (χ1) is 14.6. The quantitative estimate of drug-likeness (QED) is 0.436. The van der Waals surface area contributed by atoms with Crippen LogP contribution >= 0.6 is 0 Å². The third kappa shape index (κ3) is 6.54. The molecular weight excluding hydrogens is 398 g/mol. The molecular formula is C23H33N3O5. The first kappa shape index (κ1) is 24.4. The molecule has 0 bridgehead atoms. The highest BCUT2D eigenvalue weighted by Crippen LogP contribution is 2.24. The monoisotopic (exact) mass is 431 g/mol. The summed E-state index contributed by atoms with van der Waals surface area (Å²) in [5, 5.41) is 5.31. The van der Waals surface area contributed by atoms with Crippen LogP contribution < -0.4 is 10.6 Å². The number of imide groups is 1. The number of hydrogen-bond donors (Lipinski definition) is 2. The number of ether oxygens (including phenoxy) is 1. The van der Waals surface area contributed by atoms with E-state index in [1.54, 1.807) is 19.1 Å². The minimum atomic E-state index is -1.03. The van der Waals surface area contributed by atoms with Gasteiger partial charge in [0, 0.05) is 5.69 Å². The molecule has 0 radical (unpaired) electrons. The fourth-order valence-corrected chi connectivity index (χ4v) is 3.29. The van der Waals surface area contributed by atoms with E-state index in [-0.39, 0.29) is 0 Å². The van der Waals surface area contributed by atoms with Crippen molar-refractivity contribution in [3.05, 3.63) is 29.8 Å². The molecule has 31 heavy (non-hydrogen) atoms. The van der Waals surface area contributed by atoms with Gasteiger partial charge in [-0.1, -0.05) is 39.8 Å². The van der Waals surface area contributed by atoms with Gasteiger partial charge in [-0.2, -0.15) is 0 Å². The number of nitrogens with one attached hydrogen (secondary N) is 2. The molecule has 8 heteroatoms. The summed E-state index contributed by atoms with van der Waals surface area (Å²) < 4.78 is 4.96. The predicted octanol–water partition coefficient (Wildman–Crippen LogP) is 3.43. The highest BCUT2D eigenvalue weighted by Gasteiger charge is 2.48. The van der Waals surface area contributed by atoms with E-state index in [4.69, 9.17) is 4.74 Å². The van der Waals surface area contributed by atoms with Crippen LogP contribution in [0.4, 0.5) is 10.5 Å². The van der Waals surface area contributed by atoms with E-state index in [2.05, 4.69) is 24.5 Å². The lowest BCUT2D eigenvalue weighted by Gasteiger charge is -2.22. The smallest absolute Gasteiger partial charge is 0.326 e. The van der Waals surface area contributed by atoms with Gasteiger partial charge in [-0.25, -0.2) is 4.79 Å². The molecule has 0 unspecified atom stereocenters. The van der Waals surface area contributed by atoms with Gasteiger partial charge in [0.05, 0.1) is 0 Å². The van der Waals surface area contributed by atoms with Gasteiger partial charge < -0.3 is 15.4 Å². The molecule has 1 aromatic rings. The van der Waals surface area contributed by atoms with E-state index < -0.39 is 42.5 Å². The zero-order valence-electron chi connectivity index (χ0n) is 19.0. The van der Waals surface area contributed by atoms with Crippen molar-refractivity contribution in [1.82, 2.24) is 10.2 Å². The summed E-state index contributed by atoms with van der Waals surface area (Å²) in [5.41, 5.74) is 0.754. The van der Waals surface area contributed by atoms with Crippen LogP contribution in [-0.4, -0.2) is 47.4 Å². The largest absolute Gasteiger partial charge is 0.454 e. The minimum absolute atomic E-state index is 0.380. The van der Waals surface area contributed by atoms with Crippen molar-refractivity contribution in [2.45, 2.75) is 65.3 Å². The van der Waals surface area contributed by atoms with Gasteiger partial charge in [-0.05, 0) is 55.7 Å². The molecule has 0 saturated carbocycles. The SMILES string of the molecule is CC[C@@H](C)c1ccc(NC(=O)COC(=O)CN2C(=O)N[C@](C)(CCC(C)C)C2=O)cc1. The molecule has 0 aliphatic carbocycles. The van der Waals surface area contributed by atoms with Gasteiger partial charge >= 0.3 is 12.0 Å². The number of carbonyl (C=O) groups excluding carboxylic acids is 4. The maximum Gasteiger partial charge on any atom is 0.326 e. The lowest BCUT2D eigenvalue weighted by atomic mass is 9.92. The molecule has 0 aromatic heterocycles. The van der Waals surface area contributed by atoms with Crippen LogP contribution in [0.25, 0.3) is 0 Å². The Morgan fingerprint density at radius 2 is 1.81 bits per heavy atom. The topological polar surface area (TPSA) is 105 Å². The second-order valence-corrected chi connectivity index (χ2v) is 8.73. The Morgan fingerprint density at radius 3 is 2.39 bits per heavy atom. The lowest BCUT2D eigenvalue weighted by Crippen LogP contribution is -2.44. The summed E-state index contributed by atoms with van der Waals surface area (Å²) in [6.07, 6.45) is 2.27. The average molecular weight is 432 g/mol. The van der Waals surface area contributed by atoms with E-state index in [0.717, 1.165) is 17.7 Å². The van der Waals surface area contributed by atoms with Crippen molar-refractivity contribution < 1.29 is 23.9 Å². The molecule has 1 aliphatic heterocycles. The zero-order chi connectivity index (χ0) is 23.2. The molecule has 1 heterocycles. The van der Waals surface area contributed by atoms with Crippen LogP contribution in [0.5, 0.6) is 0 Å². The van der Waals surface area contributed by atoms with Crippen LogP contribution in [0.3, 0.4) is 0 Å². The van der Waals surface area contributed by atoms with E-state index in [1.807, 2.05) is 26.0 Å². The maximum atomic E-state index is 12.6. The van der Waals surface area contributed by atoms with E-state index in [9.17, 15) is 19.2 Å². The summed E-state index contributed by atoms with van der Waals surface area (Å²) in [4.78, 5) is 49.8. The summed E-state index contributed by atoms with van der Waals surface area (Å²) in [6, 6.07) is 6.87. The van der Waals surface area contributed by atoms with Crippen molar-refractivity contribution in [3.8, 4) is 0 Å². The number of hydrogen-bond acceptors (Lipinski definition) is 5. The first-order valence-corrected chi connectivity index (χ1v) is 10.7. The molecule has 2 rings (SSSR count). The van der Waals surface area contributed by atoms with Crippen molar-refractivity contribution in [2.24, 2.45) is 5.92 Å². The van der Waals surface area contributed by atoms with E-state index in [0.29, 0.717) is 23.9 Å². The Hall–Kier alpha value is -2.90. The first-order valence-electron chi connectivity index (χ1n) is 10.7. The molecule has 170 valence electrons. The number of benzene rings is 1. The standard InChI is InChI=1S/C23H33N3O5/c1-6-16(4)17-7-9-18(10-8-17)24-19(27)14-31-20(28)13-26-21(29)23(5,25-22(26)30)12-11-15(2)3/h7-10,15-16H,6,11-14H2,1-5H3,(H,24,27)(H,25,30)/t16-,23-/m1/s1. The van der Waals surface area contributed by atoms with E-state index in [1.165, 1.54) is 5.56 Å². The Kier molecular flexibility index (Phi) is 8.19. The highest BCUT2D eigenvalue weighted by molar-refractivity contribution is 6.08. The highest BCUT2D eigenvalue weighted by atomic mass is 16.5. The summed E-state index contributed by atoms with van der Waals surface area (Å²) in [7, 11) is 0. The van der Waals surface area contributed by atoms with E-state index >= 15 is 0 Å². The molecule has 2 N–H and O–H groups in total. The Morgan fingerprint density at radius 1 is 1.16 bits per heavy atom. The number of rotatable bonds is 10. The molecule has 1 fully saturated rings. The number of amides is 4. The van der Waals surface area contributed by atoms with Crippen molar-refractivity contribution in [2.75, 3.05) is 18.5 Å². The van der Waals surface area contributed by atoms with Gasteiger partial charge in [0.2, 0.25) is 0 Å². The van der Waals surface area contributed by atoms with Gasteiger partial charge in [0.15, 0.2) is 6.61 Å². The Bertz CT molecular complexity index is 821. The molecule has 1 aromatic carbocycles. The zero-order valence-corrected chi connectivity index (χ0v) is 19.0. The third-order valence-corrected chi connectivity index (χ3v) is 5.59. The minimum Gasteiger partial charge on any atom is -0.454 e. The van der Waals surface area contributed by atoms with Crippen molar-refractivity contribution >= 4 is 29.5 Å². The van der Waals surface area contributed by atoms with Gasteiger partial charge in [-0.15, -0.1) is 0 Å². The van der Waals surface area contributed by atoms with Gasteiger partial charge in [-0.3, -0.25) is 19.3 Å². The van der Waals surface area contributed by atoms with Crippen LogP contribution in [0.1, 0.15) is 65.4 Å². The molecule has 4 amide bonds. The summed E-state index contributed by atoms with van der Waals surface area (Å²) >= 11 is 0. The lowest BCUT2D eigenvalue weighted by molar-refractivity contribution is -0.150. The van der Waals surface area contributed by atoms with Gasteiger partial charge in [0.1, 0.15) is 12.1 Å².